The zero-order chi connectivity index (χ0) is 37.7. The topological polar surface area (TPSA) is 217 Å². The molecular formula is C40H29N5O8. The summed E-state index contributed by atoms with van der Waals surface area (Å²) in [5.41, 5.74) is 4.54. The van der Waals surface area contributed by atoms with Crippen LogP contribution in [0.15, 0.2) is 140 Å². The van der Waals surface area contributed by atoms with Gasteiger partial charge in [-0.25, -0.2) is 24.2 Å². The minimum atomic E-state index is -1.01. The van der Waals surface area contributed by atoms with E-state index in [-0.39, 0.29) is 11.3 Å². The van der Waals surface area contributed by atoms with Crippen molar-refractivity contribution in [3.8, 4) is 0 Å². The normalized spacial score (nSPS) is 10.4. The van der Waals surface area contributed by atoms with Crippen LogP contribution in [0.1, 0.15) is 36.8 Å². The fraction of sp³-hybridized carbons (Fsp3) is 0. The van der Waals surface area contributed by atoms with Crippen LogP contribution in [0, 0.1) is 0 Å². The van der Waals surface area contributed by atoms with E-state index < -0.39 is 23.9 Å². The number of fused-ring (bicyclic) bond motifs is 5. The van der Waals surface area contributed by atoms with E-state index in [0.717, 1.165) is 38.8 Å². The van der Waals surface area contributed by atoms with Gasteiger partial charge in [-0.3, -0.25) is 15.0 Å². The van der Waals surface area contributed by atoms with Gasteiger partial charge in [-0.2, -0.15) is 0 Å². The molecule has 0 fully saturated rings. The number of aliphatic carboxylic acids is 1. The number of hydrogen-bond acceptors (Lipinski definition) is 8. The van der Waals surface area contributed by atoms with Gasteiger partial charge in [0.25, 0.3) is 0 Å². The van der Waals surface area contributed by atoms with E-state index in [2.05, 4.69) is 24.9 Å². The number of aromatic carboxylic acids is 3. The molecule has 0 saturated heterocycles. The van der Waals surface area contributed by atoms with Crippen LogP contribution in [0.3, 0.4) is 0 Å². The summed E-state index contributed by atoms with van der Waals surface area (Å²) in [7, 11) is 0. The predicted octanol–water partition coefficient (Wildman–Crippen LogP) is 7.46. The van der Waals surface area contributed by atoms with Crippen LogP contribution in [0.5, 0.6) is 0 Å². The second kappa shape index (κ2) is 17.2. The van der Waals surface area contributed by atoms with Gasteiger partial charge in [0.05, 0.1) is 33.9 Å². The molecule has 5 aromatic heterocycles. The van der Waals surface area contributed by atoms with Gasteiger partial charge in [0.15, 0.2) is 0 Å². The highest BCUT2D eigenvalue weighted by atomic mass is 16.4. The minimum absolute atomic E-state index is 0.0669. The molecule has 53 heavy (non-hydrogen) atoms. The van der Waals surface area contributed by atoms with E-state index in [0.29, 0.717) is 22.0 Å². The van der Waals surface area contributed by atoms with Gasteiger partial charge < -0.3 is 25.4 Å². The molecule has 0 aliphatic heterocycles. The minimum Gasteiger partial charge on any atom is -0.478 e. The maximum atomic E-state index is 10.8. The molecule has 13 nitrogen and oxygen atoms in total. The summed E-state index contributed by atoms with van der Waals surface area (Å²) in [6.45, 7) is 0. The zero-order valence-electron chi connectivity index (χ0n) is 27.6. The quantitative estimate of drug-likeness (QED) is 0.110. The van der Waals surface area contributed by atoms with E-state index in [1.807, 2.05) is 42.5 Å². The monoisotopic (exact) mass is 707 g/mol. The zero-order valence-corrected chi connectivity index (χ0v) is 27.6. The first-order chi connectivity index (χ1) is 25.6. The number of hydrogen-bond donors (Lipinski definition) is 5. The highest BCUT2D eigenvalue weighted by molar-refractivity contribution is 6.08. The van der Waals surface area contributed by atoms with E-state index in [4.69, 9.17) is 20.4 Å². The number of H-pyrrole nitrogens is 1. The van der Waals surface area contributed by atoms with Crippen molar-refractivity contribution in [2.75, 3.05) is 0 Å². The number of nitrogens with zero attached hydrogens (tertiary/aromatic N) is 4. The molecule has 0 amide bonds. The van der Waals surface area contributed by atoms with Crippen molar-refractivity contribution in [2.24, 2.45) is 0 Å². The van der Waals surface area contributed by atoms with Crippen LogP contribution in [0.25, 0.3) is 49.7 Å². The second-order valence-electron chi connectivity index (χ2n) is 10.9. The number of carbonyl (C=O) groups is 4. The number of benzene rings is 3. The Balaban J connectivity index is 0.000000138. The fourth-order valence-electron chi connectivity index (χ4n) is 5.07. The molecule has 0 saturated carbocycles. The molecule has 8 rings (SSSR count). The number of pyridine rings is 4. The Morgan fingerprint density at radius 3 is 1.98 bits per heavy atom. The third-order valence-corrected chi connectivity index (χ3v) is 7.48. The second-order valence-corrected chi connectivity index (χ2v) is 10.9. The molecule has 0 aliphatic carbocycles. The fourth-order valence-corrected chi connectivity index (χ4v) is 5.07. The summed E-state index contributed by atoms with van der Waals surface area (Å²) in [6, 6.07) is 30.3. The standard InChI is InChI=1S/C12H8N2O2.2C10H7NO2.C8H7NO2/c15-12(16)10-5-8-7-3-1-2-4-9(7)14-11(8)6-13-10;12-10(13)8-5-1-3-7-4-2-6-11-9(7)8;12-10(13)8-5-6-11-9-4-2-1-3-7(8)9;10-8(11)2-1-7-3-5-9-6-4-7/h1-6,14H,(H,15,16);2*1-6H,(H,12,13);1-6H,(H,10,11). The van der Waals surface area contributed by atoms with Crippen LogP contribution in [0.4, 0.5) is 0 Å². The molecule has 5 heterocycles. The lowest BCUT2D eigenvalue weighted by molar-refractivity contribution is -0.131. The number of carboxylic acid groups (broad SMARTS) is 4. The Labute approximate surface area is 300 Å². The number of aromatic nitrogens is 5. The van der Waals surface area contributed by atoms with Crippen molar-refractivity contribution in [3.63, 3.8) is 0 Å². The lowest BCUT2D eigenvalue weighted by atomic mass is 10.1. The van der Waals surface area contributed by atoms with Crippen LogP contribution < -0.4 is 0 Å². The molecular weight excluding hydrogens is 678 g/mol. The van der Waals surface area contributed by atoms with E-state index >= 15 is 0 Å². The van der Waals surface area contributed by atoms with Gasteiger partial charge in [-0.1, -0.05) is 54.6 Å². The van der Waals surface area contributed by atoms with E-state index in [9.17, 15) is 19.2 Å². The van der Waals surface area contributed by atoms with E-state index in [1.165, 1.54) is 18.3 Å². The van der Waals surface area contributed by atoms with Crippen LogP contribution in [0.2, 0.25) is 0 Å². The summed E-state index contributed by atoms with van der Waals surface area (Å²) in [4.78, 5) is 61.4. The Morgan fingerprint density at radius 1 is 0.566 bits per heavy atom. The SMILES string of the molecule is O=C(O)C=Cc1ccncc1.O=C(O)c1cc2c(cn1)[nH]c1ccccc12.O=C(O)c1cccc2cccnc12.O=C(O)c1ccnc2ccccc12. The van der Waals surface area contributed by atoms with Crippen molar-refractivity contribution in [3.05, 3.63) is 163 Å². The Bertz CT molecular complexity index is 2500. The maximum absolute atomic E-state index is 10.8. The van der Waals surface area contributed by atoms with Gasteiger partial charge >= 0.3 is 23.9 Å². The van der Waals surface area contributed by atoms with Crippen molar-refractivity contribution in [2.45, 2.75) is 0 Å². The van der Waals surface area contributed by atoms with Gasteiger partial charge in [-0.15, -0.1) is 0 Å². The summed E-state index contributed by atoms with van der Waals surface area (Å²) < 4.78 is 0. The van der Waals surface area contributed by atoms with Gasteiger partial charge in [-0.05, 0) is 60.2 Å². The van der Waals surface area contributed by atoms with E-state index in [1.54, 1.807) is 79.4 Å². The Morgan fingerprint density at radius 2 is 1.26 bits per heavy atom. The molecule has 0 aliphatic rings. The van der Waals surface area contributed by atoms with Gasteiger partial charge in [0.1, 0.15) is 5.69 Å². The summed E-state index contributed by atoms with van der Waals surface area (Å²) in [5, 5.41) is 38.3. The summed E-state index contributed by atoms with van der Waals surface area (Å²) in [6.07, 6.45) is 10.5. The molecule has 13 heteroatoms. The number of rotatable bonds is 5. The Hall–Kier alpha value is -7.80. The highest BCUT2D eigenvalue weighted by Crippen LogP contribution is 2.25. The average molecular weight is 708 g/mol. The number of carboxylic acids is 4. The van der Waals surface area contributed by atoms with Crippen molar-refractivity contribution >= 4 is 73.6 Å². The molecule has 0 spiro atoms. The molecule has 8 aromatic rings. The van der Waals surface area contributed by atoms with Crippen molar-refractivity contribution in [1.29, 1.82) is 0 Å². The van der Waals surface area contributed by atoms with Crippen LogP contribution in [-0.2, 0) is 4.79 Å². The molecule has 3 aromatic carbocycles. The summed E-state index contributed by atoms with van der Waals surface area (Å²) >= 11 is 0. The van der Waals surface area contributed by atoms with Crippen molar-refractivity contribution < 1.29 is 39.6 Å². The Kier molecular flexibility index (Phi) is 11.9. The molecule has 0 bridgehead atoms. The first-order valence-corrected chi connectivity index (χ1v) is 15.7. The third kappa shape index (κ3) is 9.46. The van der Waals surface area contributed by atoms with Gasteiger partial charge in [0.2, 0.25) is 0 Å². The first kappa shape index (κ1) is 36.5. The smallest absolute Gasteiger partial charge is 0.354 e. The lowest BCUT2D eigenvalue weighted by Crippen LogP contribution is -1.98. The molecule has 0 unspecified atom stereocenters. The molecule has 262 valence electrons. The highest BCUT2D eigenvalue weighted by Gasteiger charge is 2.10. The predicted molar refractivity (Wildman–Crippen MR) is 199 cm³/mol. The van der Waals surface area contributed by atoms with Gasteiger partial charge in [0, 0.05) is 57.9 Å². The lowest BCUT2D eigenvalue weighted by Gasteiger charge is -1.99. The number of para-hydroxylation sites is 3. The van der Waals surface area contributed by atoms with Crippen LogP contribution >= 0.6 is 0 Å². The average Bonchev–Trinajstić information content (AvgIpc) is 3.56. The molecule has 5 N–H and O–H groups in total. The first-order valence-electron chi connectivity index (χ1n) is 15.7. The molecule has 0 atom stereocenters. The largest absolute Gasteiger partial charge is 0.478 e. The summed E-state index contributed by atoms with van der Waals surface area (Å²) in [5.74, 6) is -3.81. The number of nitrogens with one attached hydrogen (secondary N) is 1. The molecule has 0 radical (unpaired) electrons. The third-order valence-electron chi connectivity index (χ3n) is 7.48. The van der Waals surface area contributed by atoms with Crippen molar-refractivity contribution in [1.82, 2.24) is 24.9 Å². The van der Waals surface area contributed by atoms with Crippen LogP contribution in [-0.4, -0.2) is 69.2 Å². The number of aromatic amines is 1. The maximum Gasteiger partial charge on any atom is 0.354 e.